The molecule has 4 aromatic rings. The van der Waals surface area contributed by atoms with Gasteiger partial charge in [0, 0.05) is 42.2 Å². The Morgan fingerprint density at radius 3 is 2.16 bits per heavy atom. The first-order chi connectivity index (χ1) is 15.6. The zero-order valence-corrected chi connectivity index (χ0v) is 18.8. The van der Waals surface area contributed by atoms with Crippen molar-refractivity contribution in [2.75, 3.05) is 26.2 Å². The van der Waals surface area contributed by atoms with Gasteiger partial charge >= 0.3 is 0 Å². The summed E-state index contributed by atoms with van der Waals surface area (Å²) in [7, 11) is 0. The van der Waals surface area contributed by atoms with Crippen molar-refractivity contribution in [1.82, 2.24) is 9.80 Å². The first kappa shape index (κ1) is 20.8. The zero-order valence-electron chi connectivity index (χ0n) is 18.0. The summed E-state index contributed by atoms with van der Waals surface area (Å²) in [5, 5.41) is 1.73. The molecule has 2 heterocycles. The van der Waals surface area contributed by atoms with Gasteiger partial charge in [-0.3, -0.25) is 9.69 Å². The van der Waals surface area contributed by atoms with Gasteiger partial charge in [-0.25, -0.2) is 0 Å². The van der Waals surface area contributed by atoms with Crippen molar-refractivity contribution in [3.8, 4) is 0 Å². The number of rotatable bonds is 4. The Morgan fingerprint density at radius 2 is 1.47 bits per heavy atom. The summed E-state index contributed by atoms with van der Waals surface area (Å²) >= 11 is 6.14. The Hall–Kier alpha value is -3.08. The number of benzene rings is 3. The second-order valence-electron chi connectivity index (χ2n) is 8.25. The van der Waals surface area contributed by atoms with Crippen molar-refractivity contribution in [3.05, 3.63) is 106 Å². The van der Waals surface area contributed by atoms with Crippen LogP contribution in [0, 0.1) is 6.92 Å². The fraction of sp³-hybridized carbons (Fsp3) is 0.222. The fourth-order valence-corrected chi connectivity index (χ4v) is 4.73. The van der Waals surface area contributed by atoms with E-state index < -0.39 is 0 Å². The highest BCUT2D eigenvalue weighted by Gasteiger charge is 2.30. The van der Waals surface area contributed by atoms with E-state index in [4.69, 9.17) is 16.0 Å². The van der Waals surface area contributed by atoms with E-state index in [9.17, 15) is 4.79 Å². The van der Waals surface area contributed by atoms with Crippen LogP contribution < -0.4 is 0 Å². The number of hydrogen-bond acceptors (Lipinski definition) is 3. The van der Waals surface area contributed by atoms with Gasteiger partial charge in [0.1, 0.15) is 5.58 Å². The maximum absolute atomic E-state index is 13.2. The third-order valence-corrected chi connectivity index (χ3v) is 6.56. The molecule has 5 heteroatoms. The fourth-order valence-electron chi connectivity index (χ4n) is 4.60. The van der Waals surface area contributed by atoms with E-state index >= 15 is 0 Å². The van der Waals surface area contributed by atoms with E-state index in [1.165, 1.54) is 11.1 Å². The third kappa shape index (κ3) is 3.92. The van der Waals surface area contributed by atoms with E-state index in [-0.39, 0.29) is 11.9 Å². The monoisotopic (exact) mass is 444 g/mol. The van der Waals surface area contributed by atoms with Gasteiger partial charge in [-0.1, -0.05) is 72.3 Å². The summed E-state index contributed by atoms with van der Waals surface area (Å²) in [5.74, 6) is 0.429. The van der Waals surface area contributed by atoms with E-state index in [1.54, 1.807) is 0 Å². The number of halogens is 1. The minimum atomic E-state index is -0.0268. The summed E-state index contributed by atoms with van der Waals surface area (Å²) < 4.78 is 5.92. The first-order valence-corrected chi connectivity index (χ1v) is 11.3. The molecule has 1 saturated heterocycles. The summed E-state index contributed by atoms with van der Waals surface area (Å²) in [6, 6.07) is 26.5. The molecular formula is C27H25ClN2O2. The quantitative estimate of drug-likeness (QED) is 0.390. The lowest BCUT2D eigenvalue weighted by atomic mass is 9.96. The molecule has 0 unspecified atom stereocenters. The normalized spacial score (nSPS) is 15.8. The highest BCUT2D eigenvalue weighted by atomic mass is 35.5. The van der Waals surface area contributed by atoms with Gasteiger partial charge in [0.2, 0.25) is 0 Å². The molecule has 0 saturated carbocycles. The molecule has 1 amide bonds. The van der Waals surface area contributed by atoms with Crippen molar-refractivity contribution in [3.63, 3.8) is 0 Å². The molecule has 1 fully saturated rings. The largest absolute Gasteiger partial charge is 0.451 e. The van der Waals surface area contributed by atoms with Crippen LogP contribution in [0.3, 0.4) is 0 Å². The van der Waals surface area contributed by atoms with Crippen LogP contribution in [0.5, 0.6) is 0 Å². The van der Waals surface area contributed by atoms with Gasteiger partial charge in [0.05, 0.1) is 6.04 Å². The summed E-state index contributed by atoms with van der Waals surface area (Å²) in [4.78, 5) is 17.6. The maximum Gasteiger partial charge on any atom is 0.289 e. The molecular weight excluding hydrogens is 420 g/mol. The molecule has 0 N–H and O–H groups in total. The molecule has 0 bridgehead atoms. The van der Waals surface area contributed by atoms with E-state index in [0.29, 0.717) is 18.8 Å². The summed E-state index contributed by atoms with van der Waals surface area (Å²) in [6.07, 6.45) is 0. The predicted octanol–water partition coefficient (Wildman–Crippen LogP) is 5.94. The standard InChI is InChI=1S/C27H25ClN2O2/c1-19-23-9-5-6-10-24(23)32-26(19)27(31)30-17-15-29(16-18-30)25(20-7-3-2-4-8-20)21-11-13-22(28)14-12-21/h2-14,25H,15-18H2,1H3/t25-/m0/s1. The Kier molecular flexibility index (Phi) is 5.73. The van der Waals surface area contributed by atoms with Crippen molar-refractivity contribution in [1.29, 1.82) is 0 Å². The van der Waals surface area contributed by atoms with Gasteiger partial charge in [-0.2, -0.15) is 0 Å². The SMILES string of the molecule is Cc1c(C(=O)N2CCN([C@@H](c3ccccc3)c3ccc(Cl)cc3)CC2)oc2ccccc12. The van der Waals surface area contributed by atoms with Crippen LogP contribution in [-0.2, 0) is 0 Å². The second kappa shape index (κ2) is 8.81. The van der Waals surface area contributed by atoms with Gasteiger partial charge in [0.25, 0.3) is 5.91 Å². The van der Waals surface area contributed by atoms with E-state index in [1.807, 2.05) is 54.3 Å². The lowest BCUT2D eigenvalue weighted by Crippen LogP contribution is -2.49. The van der Waals surface area contributed by atoms with Gasteiger partial charge in [-0.15, -0.1) is 0 Å². The molecule has 0 aliphatic carbocycles. The number of fused-ring (bicyclic) bond motifs is 1. The Balaban J connectivity index is 1.36. The first-order valence-electron chi connectivity index (χ1n) is 10.9. The predicted molar refractivity (Wildman–Crippen MR) is 128 cm³/mol. The summed E-state index contributed by atoms with van der Waals surface area (Å²) in [6.45, 7) is 4.85. The van der Waals surface area contributed by atoms with Crippen LogP contribution in [0.2, 0.25) is 5.02 Å². The molecule has 162 valence electrons. The average molecular weight is 445 g/mol. The topological polar surface area (TPSA) is 36.7 Å². The molecule has 0 radical (unpaired) electrons. The van der Waals surface area contributed by atoms with Crippen LogP contribution in [0.1, 0.15) is 33.3 Å². The van der Waals surface area contributed by atoms with Crippen LogP contribution >= 0.6 is 11.6 Å². The number of nitrogens with zero attached hydrogens (tertiary/aromatic N) is 2. The van der Waals surface area contributed by atoms with Crippen molar-refractivity contribution in [2.24, 2.45) is 0 Å². The molecule has 5 rings (SSSR count). The molecule has 0 spiro atoms. The van der Waals surface area contributed by atoms with Crippen LogP contribution in [-0.4, -0.2) is 41.9 Å². The van der Waals surface area contributed by atoms with Gasteiger partial charge in [-0.05, 0) is 36.2 Å². The lowest BCUT2D eigenvalue weighted by Gasteiger charge is -2.39. The van der Waals surface area contributed by atoms with Crippen molar-refractivity contribution >= 4 is 28.5 Å². The number of aryl methyl sites for hydroxylation is 1. The molecule has 1 atom stereocenters. The number of para-hydroxylation sites is 1. The minimum absolute atomic E-state index is 0.0268. The second-order valence-corrected chi connectivity index (χ2v) is 8.68. The average Bonchev–Trinajstić information content (AvgIpc) is 3.18. The number of amides is 1. The Bertz CT molecular complexity index is 1230. The molecule has 4 nitrogen and oxygen atoms in total. The molecule has 3 aromatic carbocycles. The Labute approximate surface area is 193 Å². The maximum atomic E-state index is 13.2. The summed E-state index contributed by atoms with van der Waals surface area (Å²) in [5.41, 5.74) is 4.12. The number of carbonyl (C=O) groups excluding carboxylic acids is 1. The smallest absolute Gasteiger partial charge is 0.289 e. The highest BCUT2D eigenvalue weighted by molar-refractivity contribution is 6.30. The molecule has 1 aliphatic heterocycles. The highest BCUT2D eigenvalue weighted by Crippen LogP contribution is 2.31. The Morgan fingerprint density at radius 1 is 0.844 bits per heavy atom. The van der Waals surface area contributed by atoms with E-state index in [2.05, 4.69) is 41.3 Å². The molecule has 1 aliphatic rings. The van der Waals surface area contributed by atoms with Crippen molar-refractivity contribution in [2.45, 2.75) is 13.0 Å². The van der Waals surface area contributed by atoms with Gasteiger partial charge in [0.15, 0.2) is 5.76 Å². The van der Waals surface area contributed by atoms with Crippen LogP contribution in [0.15, 0.2) is 83.3 Å². The zero-order chi connectivity index (χ0) is 22.1. The molecule has 1 aromatic heterocycles. The van der Waals surface area contributed by atoms with E-state index in [0.717, 1.165) is 34.6 Å². The number of furan rings is 1. The minimum Gasteiger partial charge on any atom is -0.451 e. The third-order valence-electron chi connectivity index (χ3n) is 6.31. The van der Waals surface area contributed by atoms with Crippen LogP contribution in [0.4, 0.5) is 0 Å². The van der Waals surface area contributed by atoms with Crippen molar-refractivity contribution < 1.29 is 9.21 Å². The number of hydrogen-bond donors (Lipinski definition) is 0. The number of piperazine rings is 1. The number of carbonyl (C=O) groups is 1. The van der Waals surface area contributed by atoms with Crippen LogP contribution in [0.25, 0.3) is 11.0 Å². The molecule has 32 heavy (non-hydrogen) atoms. The lowest BCUT2D eigenvalue weighted by molar-refractivity contribution is 0.0569. The van der Waals surface area contributed by atoms with Gasteiger partial charge < -0.3 is 9.32 Å².